The van der Waals surface area contributed by atoms with E-state index in [4.69, 9.17) is 5.11 Å². The molecule has 1 aromatic rings. The van der Waals surface area contributed by atoms with E-state index in [1.54, 1.807) is 6.20 Å². The summed E-state index contributed by atoms with van der Waals surface area (Å²) in [7, 11) is 0. The first-order valence-electron chi connectivity index (χ1n) is 6.36. The van der Waals surface area contributed by atoms with E-state index in [9.17, 15) is 4.39 Å². The Kier molecular flexibility index (Phi) is 4.14. The van der Waals surface area contributed by atoms with Crippen molar-refractivity contribution in [2.75, 3.05) is 31.1 Å². The van der Waals surface area contributed by atoms with Crippen molar-refractivity contribution in [2.24, 2.45) is 0 Å². The number of aliphatic hydroxyl groups excluding tert-OH is 1. The van der Waals surface area contributed by atoms with Gasteiger partial charge in [-0.25, -0.2) is 9.37 Å². The number of hydrogen-bond acceptors (Lipinski definition) is 4. The number of anilines is 1. The van der Waals surface area contributed by atoms with Gasteiger partial charge in [0.15, 0.2) is 11.6 Å². The van der Waals surface area contributed by atoms with Gasteiger partial charge >= 0.3 is 0 Å². The van der Waals surface area contributed by atoms with Crippen molar-refractivity contribution in [3.05, 3.63) is 23.6 Å². The summed E-state index contributed by atoms with van der Waals surface area (Å²) in [5.41, 5.74) is 0.311. The lowest BCUT2D eigenvalue weighted by Crippen LogP contribution is -2.49. The Balaban J connectivity index is 2.10. The molecule has 2 heterocycles. The third-order valence-electron chi connectivity index (χ3n) is 3.47. The molecule has 1 fully saturated rings. The predicted octanol–water partition coefficient (Wildman–Crippen LogP) is 1.24. The van der Waals surface area contributed by atoms with E-state index in [0.29, 0.717) is 17.4 Å². The number of rotatable bonds is 3. The number of hydrogen-bond donors (Lipinski definition) is 1. The Labute approximate surface area is 107 Å². The van der Waals surface area contributed by atoms with Crippen LogP contribution < -0.4 is 4.90 Å². The molecule has 0 amide bonds. The number of nitrogens with zero attached hydrogens (tertiary/aromatic N) is 3. The van der Waals surface area contributed by atoms with Crippen LogP contribution in [0.2, 0.25) is 0 Å². The van der Waals surface area contributed by atoms with Crippen molar-refractivity contribution in [3.63, 3.8) is 0 Å². The van der Waals surface area contributed by atoms with Gasteiger partial charge in [0.25, 0.3) is 0 Å². The maximum absolute atomic E-state index is 14.0. The Bertz CT molecular complexity index is 403. The van der Waals surface area contributed by atoms with E-state index < -0.39 is 5.82 Å². The molecule has 0 radical (unpaired) electrons. The summed E-state index contributed by atoms with van der Waals surface area (Å²) >= 11 is 0. The molecule has 0 aromatic carbocycles. The molecule has 0 atom stereocenters. The Morgan fingerprint density at radius 1 is 1.33 bits per heavy atom. The largest absolute Gasteiger partial charge is 0.392 e. The molecule has 1 N–H and O–H groups in total. The van der Waals surface area contributed by atoms with Crippen LogP contribution in [0.5, 0.6) is 0 Å². The summed E-state index contributed by atoms with van der Waals surface area (Å²) in [5.74, 6) is -0.0250. The zero-order chi connectivity index (χ0) is 13.1. The highest BCUT2D eigenvalue weighted by Gasteiger charge is 2.22. The molecule has 1 aliphatic rings. The zero-order valence-electron chi connectivity index (χ0n) is 10.9. The molecule has 0 unspecified atom stereocenters. The van der Waals surface area contributed by atoms with E-state index in [-0.39, 0.29) is 6.61 Å². The second-order valence-corrected chi connectivity index (χ2v) is 4.88. The van der Waals surface area contributed by atoms with Crippen molar-refractivity contribution in [2.45, 2.75) is 26.5 Å². The van der Waals surface area contributed by atoms with Gasteiger partial charge in [0.2, 0.25) is 0 Å². The first-order chi connectivity index (χ1) is 8.63. The fourth-order valence-corrected chi connectivity index (χ4v) is 2.26. The van der Waals surface area contributed by atoms with E-state index in [2.05, 4.69) is 23.7 Å². The number of halogens is 1. The predicted molar refractivity (Wildman–Crippen MR) is 69.0 cm³/mol. The minimum atomic E-state index is -0.391. The van der Waals surface area contributed by atoms with Crippen LogP contribution in [-0.4, -0.2) is 47.2 Å². The summed E-state index contributed by atoms with van der Waals surface area (Å²) < 4.78 is 14.0. The lowest BCUT2D eigenvalue weighted by molar-refractivity contribution is 0.208. The van der Waals surface area contributed by atoms with Crippen molar-refractivity contribution < 1.29 is 9.50 Å². The van der Waals surface area contributed by atoms with E-state index in [1.165, 1.54) is 6.07 Å². The zero-order valence-corrected chi connectivity index (χ0v) is 10.9. The number of piperazine rings is 1. The molecule has 18 heavy (non-hydrogen) atoms. The smallest absolute Gasteiger partial charge is 0.171 e. The van der Waals surface area contributed by atoms with Crippen LogP contribution in [0, 0.1) is 5.82 Å². The molecule has 0 saturated carbocycles. The first-order valence-corrected chi connectivity index (χ1v) is 6.36. The van der Waals surface area contributed by atoms with Gasteiger partial charge in [0, 0.05) is 44.0 Å². The lowest BCUT2D eigenvalue weighted by Gasteiger charge is -2.37. The molecule has 1 aliphatic heterocycles. The number of pyridine rings is 1. The average Bonchev–Trinajstić information content (AvgIpc) is 2.39. The van der Waals surface area contributed by atoms with Crippen molar-refractivity contribution >= 4 is 5.82 Å². The summed E-state index contributed by atoms with van der Waals surface area (Å²) in [4.78, 5) is 8.42. The fourth-order valence-electron chi connectivity index (χ4n) is 2.26. The van der Waals surface area contributed by atoms with Gasteiger partial charge in [0.05, 0.1) is 6.61 Å². The summed E-state index contributed by atoms with van der Waals surface area (Å²) in [5, 5.41) is 9.06. The van der Waals surface area contributed by atoms with E-state index >= 15 is 0 Å². The maximum atomic E-state index is 14.0. The molecular weight excluding hydrogens is 233 g/mol. The van der Waals surface area contributed by atoms with Crippen LogP contribution in [0.1, 0.15) is 19.4 Å². The third-order valence-corrected chi connectivity index (χ3v) is 3.47. The van der Waals surface area contributed by atoms with Crippen LogP contribution in [-0.2, 0) is 6.61 Å². The molecule has 0 spiro atoms. The van der Waals surface area contributed by atoms with Gasteiger partial charge in [0.1, 0.15) is 0 Å². The minimum absolute atomic E-state index is 0.284. The lowest BCUT2D eigenvalue weighted by atomic mass is 10.2. The standard InChI is InChI=1S/C13H20FN3O/c1-10(2)16-5-7-17(8-6-16)13-12(14)11(9-18)3-4-15-13/h3-4,10,18H,5-9H2,1-2H3. The van der Waals surface area contributed by atoms with Gasteiger partial charge in [-0.3, -0.25) is 4.90 Å². The first kappa shape index (κ1) is 13.2. The molecular formula is C13H20FN3O. The SMILES string of the molecule is CC(C)N1CCN(c2nccc(CO)c2F)CC1. The average molecular weight is 253 g/mol. The maximum Gasteiger partial charge on any atom is 0.171 e. The highest BCUT2D eigenvalue weighted by molar-refractivity contribution is 5.43. The van der Waals surface area contributed by atoms with Crippen LogP contribution in [0.3, 0.4) is 0 Å². The molecule has 100 valence electrons. The third kappa shape index (κ3) is 2.62. The van der Waals surface area contributed by atoms with Crippen LogP contribution in [0.4, 0.5) is 10.2 Å². The van der Waals surface area contributed by atoms with E-state index in [1.807, 2.05) is 4.90 Å². The highest BCUT2D eigenvalue weighted by Crippen LogP contribution is 2.21. The molecule has 1 aromatic heterocycles. The second kappa shape index (κ2) is 5.63. The number of aromatic nitrogens is 1. The quantitative estimate of drug-likeness (QED) is 0.880. The molecule has 0 bridgehead atoms. The second-order valence-electron chi connectivity index (χ2n) is 4.88. The Morgan fingerprint density at radius 3 is 2.56 bits per heavy atom. The monoisotopic (exact) mass is 253 g/mol. The number of aliphatic hydroxyl groups is 1. The van der Waals surface area contributed by atoms with Crippen LogP contribution >= 0.6 is 0 Å². The van der Waals surface area contributed by atoms with Gasteiger partial charge in [-0.15, -0.1) is 0 Å². The van der Waals surface area contributed by atoms with Gasteiger partial charge in [-0.2, -0.15) is 0 Å². The van der Waals surface area contributed by atoms with Crippen molar-refractivity contribution in [3.8, 4) is 0 Å². The van der Waals surface area contributed by atoms with Crippen molar-refractivity contribution in [1.29, 1.82) is 0 Å². The van der Waals surface area contributed by atoms with Crippen molar-refractivity contribution in [1.82, 2.24) is 9.88 Å². The topological polar surface area (TPSA) is 39.6 Å². The molecule has 0 aliphatic carbocycles. The summed E-state index contributed by atoms with van der Waals surface area (Å²) in [6, 6.07) is 2.04. The molecule has 2 rings (SSSR count). The molecule has 4 nitrogen and oxygen atoms in total. The summed E-state index contributed by atoms with van der Waals surface area (Å²) in [6.45, 7) is 7.44. The Morgan fingerprint density at radius 2 is 2.00 bits per heavy atom. The minimum Gasteiger partial charge on any atom is -0.392 e. The highest BCUT2D eigenvalue weighted by atomic mass is 19.1. The van der Waals surface area contributed by atoms with Crippen LogP contribution in [0.15, 0.2) is 12.3 Å². The Hall–Kier alpha value is -1.20. The molecule has 1 saturated heterocycles. The van der Waals surface area contributed by atoms with E-state index in [0.717, 1.165) is 26.2 Å². The summed E-state index contributed by atoms with van der Waals surface area (Å²) in [6.07, 6.45) is 1.55. The van der Waals surface area contributed by atoms with Gasteiger partial charge < -0.3 is 10.0 Å². The molecule has 5 heteroatoms. The van der Waals surface area contributed by atoms with Gasteiger partial charge in [-0.1, -0.05) is 0 Å². The van der Waals surface area contributed by atoms with Crippen LogP contribution in [0.25, 0.3) is 0 Å². The fraction of sp³-hybridized carbons (Fsp3) is 0.615. The normalized spacial score (nSPS) is 17.5. The van der Waals surface area contributed by atoms with Gasteiger partial charge in [-0.05, 0) is 19.9 Å².